The molecule has 0 saturated carbocycles. The second-order valence-electron chi connectivity index (χ2n) is 4.69. The number of hydrogen-bond acceptors (Lipinski definition) is 1. The minimum Gasteiger partial charge on any atom is -0.407 e. The molecule has 0 fully saturated rings. The first kappa shape index (κ1) is 23.7. The van der Waals surface area contributed by atoms with Gasteiger partial charge >= 0.3 is 0 Å². The number of benzene rings is 1. The third-order valence-electron chi connectivity index (χ3n) is 2.43. The van der Waals surface area contributed by atoms with E-state index in [0.29, 0.717) is 5.75 Å². The maximum absolute atomic E-state index is 5.27. The summed E-state index contributed by atoms with van der Waals surface area (Å²) in [6.07, 6.45) is 7.42. The maximum atomic E-state index is 5.27. The second kappa shape index (κ2) is 16.8. The SMILES string of the molecule is C#CC#CC#CC#CC#CC#CC#CC#CC#CC#CC#COc1cc(C)cc(Br)c1. The van der Waals surface area contributed by atoms with Gasteiger partial charge in [-0.1, -0.05) is 15.9 Å². The van der Waals surface area contributed by atoms with E-state index in [9.17, 15) is 0 Å². The Morgan fingerprint density at radius 1 is 0.581 bits per heavy atom. The molecule has 0 aliphatic rings. The Hall–Kier alpha value is -5.34. The molecule has 0 saturated heterocycles. The molecule has 0 heterocycles. The van der Waals surface area contributed by atoms with Crippen molar-refractivity contribution in [1.29, 1.82) is 0 Å². The highest BCUT2D eigenvalue weighted by molar-refractivity contribution is 9.10. The number of terminal acetylenes is 1. The summed E-state index contributed by atoms with van der Waals surface area (Å²) in [6.45, 7) is 1.96. The minimum absolute atomic E-state index is 0.635. The highest BCUT2D eigenvalue weighted by Gasteiger charge is 1.95. The molecule has 0 bridgehead atoms. The van der Waals surface area contributed by atoms with E-state index >= 15 is 0 Å². The van der Waals surface area contributed by atoms with Crippen LogP contribution in [0.4, 0.5) is 0 Å². The van der Waals surface area contributed by atoms with E-state index in [1.807, 2.05) is 25.1 Å². The Balaban J connectivity index is 2.44. The average molecular weight is 451 g/mol. The Labute approximate surface area is 192 Å². The normalized spacial score (nSPS) is 5.71. The van der Waals surface area contributed by atoms with E-state index in [1.165, 1.54) is 0 Å². The van der Waals surface area contributed by atoms with Gasteiger partial charge in [0.05, 0.1) is 0 Å². The van der Waals surface area contributed by atoms with Crippen LogP contribution in [0.15, 0.2) is 22.7 Å². The lowest BCUT2D eigenvalue weighted by molar-refractivity contribution is 0.519. The second-order valence-corrected chi connectivity index (χ2v) is 5.60. The molecule has 1 rings (SSSR count). The van der Waals surface area contributed by atoms with Crippen molar-refractivity contribution in [3.8, 4) is 137 Å². The van der Waals surface area contributed by atoms with Crippen molar-refractivity contribution in [1.82, 2.24) is 0 Å². The van der Waals surface area contributed by atoms with E-state index in [1.54, 1.807) is 0 Å². The molecule has 1 aromatic carbocycles. The molecule has 0 spiro atoms. The predicted octanol–water partition coefficient (Wildman–Crippen LogP) is 2.76. The van der Waals surface area contributed by atoms with Gasteiger partial charge in [-0.15, -0.1) is 6.42 Å². The first-order valence-electron chi connectivity index (χ1n) is 8.12. The Kier molecular flexibility index (Phi) is 12.8. The van der Waals surface area contributed by atoms with Crippen molar-refractivity contribution in [2.24, 2.45) is 0 Å². The molecular formula is C29H7BrO. The minimum atomic E-state index is 0.635. The van der Waals surface area contributed by atoms with Gasteiger partial charge in [-0.2, -0.15) is 0 Å². The lowest BCUT2D eigenvalue weighted by atomic mass is 10.2. The van der Waals surface area contributed by atoms with Crippen LogP contribution >= 0.6 is 15.9 Å². The van der Waals surface area contributed by atoms with Crippen LogP contribution in [-0.2, 0) is 0 Å². The molecule has 0 aromatic heterocycles. The topological polar surface area (TPSA) is 9.23 Å². The van der Waals surface area contributed by atoms with E-state index in [4.69, 9.17) is 11.2 Å². The third kappa shape index (κ3) is 14.4. The maximum Gasteiger partial charge on any atom is 0.141 e. The molecular weight excluding hydrogens is 444 g/mol. The van der Waals surface area contributed by atoms with Crippen LogP contribution in [0.25, 0.3) is 0 Å². The molecule has 0 amide bonds. The van der Waals surface area contributed by atoms with Crippen molar-refractivity contribution >= 4 is 15.9 Å². The molecule has 0 N–H and O–H groups in total. The third-order valence-corrected chi connectivity index (χ3v) is 2.89. The summed E-state index contributed by atoms with van der Waals surface area (Å²) in [7, 11) is 0. The number of rotatable bonds is 1. The van der Waals surface area contributed by atoms with Crippen LogP contribution in [0.1, 0.15) is 5.56 Å². The molecule has 0 atom stereocenters. The van der Waals surface area contributed by atoms with Crippen molar-refractivity contribution in [2.45, 2.75) is 6.92 Å². The largest absolute Gasteiger partial charge is 0.407 e. The summed E-state index contributed by atoms with van der Waals surface area (Å²) in [5.74, 6) is 50.1. The number of aryl methyl sites for hydroxylation is 1. The molecule has 2 heteroatoms. The van der Waals surface area contributed by atoms with Crippen molar-refractivity contribution < 1.29 is 4.74 Å². The summed E-state index contributed by atoms with van der Waals surface area (Å²) in [5.41, 5.74) is 1.06. The standard InChI is InChI=1S/C29H7BrO/c1-3-4-5-6-7-8-9-10-11-12-13-14-15-16-17-18-19-20-21-22-23-31-29-25-27(2)24-28(30)26-29/h1,24-26H,2H3. The molecule has 1 nitrogen and oxygen atoms in total. The van der Waals surface area contributed by atoms with Gasteiger partial charge in [0, 0.05) is 75.5 Å². The van der Waals surface area contributed by atoms with E-state index in [0.717, 1.165) is 10.0 Å². The van der Waals surface area contributed by atoms with Gasteiger partial charge in [-0.25, -0.2) is 0 Å². The number of hydrogen-bond donors (Lipinski definition) is 0. The molecule has 0 aliphatic heterocycles. The smallest absolute Gasteiger partial charge is 0.141 e. The summed E-state index contributed by atoms with van der Waals surface area (Å²) in [6, 6.07) is 5.65. The fraction of sp³-hybridized carbons (Fsp3) is 0.0345. The monoisotopic (exact) mass is 450 g/mol. The van der Waals surface area contributed by atoms with E-state index in [-0.39, 0.29) is 0 Å². The zero-order valence-corrected chi connectivity index (χ0v) is 17.7. The van der Waals surface area contributed by atoms with Gasteiger partial charge in [0.15, 0.2) is 0 Å². The molecule has 136 valence electrons. The summed E-state index contributed by atoms with van der Waals surface area (Å²) in [5, 5.41) is 0. The summed E-state index contributed by atoms with van der Waals surface area (Å²) >= 11 is 3.39. The quantitative estimate of drug-likeness (QED) is 0.597. The van der Waals surface area contributed by atoms with Crippen LogP contribution in [0.5, 0.6) is 5.75 Å². The van der Waals surface area contributed by atoms with Gasteiger partial charge in [0.25, 0.3) is 0 Å². The van der Waals surface area contributed by atoms with Crippen LogP contribution in [-0.4, -0.2) is 0 Å². The fourth-order valence-corrected chi connectivity index (χ4v) is 2.03. The lowest BCUT2D eigenvalue weighted by Gasteiger charge is -1.99. The van der Waals surface area contributed by atoms with Gasteiger partial charge < -0.3 is 4.74 Å². The summed E-state index contributed by atoms with van der Waals surface area (Å²) < 4.78 is 6.19. The molecule has 0 unspecified atom stereocenters. The van der Waals surface area contributed by atoms with E-state index < -0.39 is 0 Å². The van der Waals surface area contributed by atoms with Crippen LogP contribution in [0.2, 0.25) is 0 Å². The van der Waals surface area contributed by atoms with Gasteiger partial charge in [-0.3, -0.25) is 0 Å². The van der Waals surface area contributed by atoms with Crippen molar-refractivity contribution in [3.05, 3.63) is 28.2 Å². The first-order chi connectivity index (χ1) is 15.2. The number of ether oxygens (including phenoxy) is 1. The summed E-state index contributed by atoms with van der Waals surface area (Å²) in [4.78, 5) is 0. The average Bonchev–Trinajstić information content (AvgIpc) is 2.74. The van der Waals surface area contributed by atoms with E-state index in [2.05, 4.69) is 140 Å². The Bertz CT molecular complexity index is 1510. The lowest BCUT2D eigenvalue weighted by Crippen LogP contribution is -1.83. The zero-order chi connectivity index (χ0) is 22.4. The molecule has 1 aromatic rings. The van der Waals surface area contributed by atoms with Gasteiger partial charge in [0.1, 0.15) is 11.9 Å². The number of halogens is 1. The Morgan fingerprint density at radius 2 is 0.968 bits per heavy atom. The zero-order valence-electron chi connectivity index (χ0n) is 16.1. The highest BCUT2D eigenvalue weighted by atomic mass is 79.9. The molecule has 31 heavy (non-hydrogen) atoms. The Morgan fingerprint density at radius 3 is 1.35 bits per heavy atom. The van der Waals surface area contributed by atoms with Crippen LogP contribution in [0.3, 0.4) is 0 Å². The fourth-order valence-electron chi connectivity index (χ4n) is 1.44. The molecule has 0 radical (unpaired) electrons. The van der Waals surface area contributed by atoms with Crippen LogP contribution in [0, 0.1) is 138 Å². The highest BCUT2D eigenvalue weighted by Crippen LogP contribution is 2.20. The van der Waals surface area contributed by atoms with Gasteiger partial charge in [-0.05, 0) is 78.0 Å². The van der Waals surface area contributed by atoms with Crippen LogP contribution < -0.4 is 4.74 Å². The van der Waals surface area contributed by atoms with Gasteiger partial charge in [0.2, 0.25) is 0 Å². The molecule has 0 aliphatic carbocycles. The van der Waals surface area contributed by atoms with Crippen molar-refractivity contribution in [2.75, 3.05) is 0 Å². The van der Waals surface area contributed by atoms with Crippen molar-refractivity contribution in [3.63, 3.8) is 0 Å². The first-order valence-corrected chi connectivity index (χ1v) is 8.91. The predicted molar refractivity (Wildman–Crippen MR) is 126 cm³/mol.